The Morgan fingerprint density at radius 2 is 1.83 bits per heavy atom. The normalized spacial score (nSPS) is 15.5. The topological polar surface area (TPSA) is 177 Å². The lowest BCUT2D eigenvalue weighted by Crippen LogP contribution is -2.67. The average Bonchev–Trinajstić information content (AvgIpc) is 3.34. The van der Waals surface area contributed by atoms with Gasteiger partial charge in [0.2, 0.25) is 0 Å². The minimum atomic E-state index is -4.39. The van der Waals surface area contributed by atoms with Gasteiger partial charge in [-0.25, -0.2) is 14.2 Å². The van der Waals surface area contributed by atoms with Gasteiger partial charge in [-0.2, -0.15) is 8.42 Å². The molecule has 3 aromatic rings. The fraction of sp³-hybridized carbons (Fsp3) is 0.211. The second-order valence-electron chi connectivity index (χ2n) is 7.37. The number of urea groups is 1. The van der Waals surface area contributed by atoms with Crippen LogP contribution in [0.3, 0.4) is 0 Å². The van der Waals surface area contributed by atoms with Crippen molar-refractivity contribution < 1.29 is 31.8 Å². The van der Waals surface area contributed by atoms with E-state index in [-0.39, 0.29) is 45.0 Å². The van der Waals surface area contributed by atoms with Gasteiger partial charge in [-0.05, 0) is 26.0 Å². The molecule has 3 heterocycles. The van der Waals surface area contributed by atoms with Crippen molar-refractivity contribution >= 4 is 57.1 Å². The second kappa shape index (κ2) is 9.20. The molecule has 1 aromatic carbocycles. The molecule has 0 aliphatic carbocycles. The summed E-state index contributed by atoms with van der Waals surface area (Å²) < 4.78 is 37.7. The maximum absolute atomic E-state index is 12.9. The first-order valence-corrected chi connectivity index (χ1v) is 12.0. The van der Waals surface area contributed by atoms with Gasteiger partial charge in [0.05, 0.1) is 16.6 Å². The number of halogens is 2. The van der Waals surface area contributed by atoms with Crippen LogP contribution in [0.25, 0.3) is 11.3 Å². The highest BCUT2D eigenvalue weighted by Crippen LogP contribution is 2.36. The Morgan fingerprint density at radius 1 is 1.14 bits per heavy atom. The smallest absolute Gasteiger partial charge is 0.339 e. The van der Waals surface area contributed by atoms with Crippen molar-refractivity contribution in [1.29, 1.82) is 0 Å². The Hall–Kier alpha value is -3.62. The standard InChI is InChI=1S/C19H16Cl2N6O7S/c1-8-6-13(23-33-8)25-35(31,32)26-19(30)27-7-12(18(27)29)22-17(28)14-9(2)34-24-16(14)15-10(20)4-3-5-11(15)21/h3-6,12H,7H2,1-2H3,(H,22,28)(H,23,25)(H,26,30)/t12-/m0/s1. The molecule has 1 fully saturated rings. The first-order chi connectivity index (χ1) is 16.5. The monoisotopic (exact) mass is 542 g/mol. The van der Waals surface area contributed by atoms with Crippen molar-refractivity contribution in [2.24, 2.45) is 0 Å². The highest BCUT2D eigenvalue weighted by molar-refractivity contribution is 7.91. The fourth-order valence-electron chi connectivity index (χ4n) is 3.23. The van der Waals surface area contributed by atoms with E-state index in [2.05, 4.69) is 15.6 Å². The number of hydrogen-bond acceptors (Lipinski definition) is 9. The maximum atomic E-state index is 12.9. The van der Waals surface area contributed by atoms with Gasteiger partial charge in [0, 0.05) is 11.6 Å². The van der Waals surface area contributed by atoms with Crippen molar-refractivity contribution in [3.8, 4) is 11.3 Å². The number of anilines is 1. The summed E-state index contributed by atoms with van der Waals surface area (Å²) in [5, 5.41) is 10.2. The molecule has 0 saturated carbocycles. The molecule has 0 spiro atoms. The Morgan fingerprint density at radius 3 is 2.43 bits per heavy atom. The van der Waals surface area contributed by atoms with E-state index in [4.69, 9.17) is 32.2 Å². The Kier molecular flexibility index (Phi) is 6.44. The lowest BCUT2D eigenvalue weighted by atomic mass is 10.0. The molecule has 2 aromatic heterocycles. The minimum Gasteiger partial charge on any atom is -0.360 e. The molecule has 4 amide bonds. The van der Waals surface area contributed by atoms with Crippen molar-refractivity contribution in [3.63, 3.8) is 0 Å². The van der Waals surface area contributed by atoms with Crippen molar-refractivity contribution in [1.82, 2.24) is 25.3 Å². The van der Waals surface area contributed by atoms with E-state index in [9.17, 15) is 22.8 Å². The number of amides is 4. The molecule has 184 valence electrons. The minimum absolute atomic E-state index is 0.00499. The molecule has 0 radical (unpaired) electrons. The van der Waals surface area contributed by atoms with Crippen molar-refractivity contribution in [3.05, 3.63) is 51.4 Å². The molecule has 4 rings (SSSR count). The zero-order valence-corrected chi connectivity index (χ0v) is 20.3. The van der Waals surface area contributed by atoms with Crippen LogP contribution in [0.1, 0.15) is 21.9 Å². The van der Waals surface area contributed by atoms with Gasteiger partial charge in [-0.3, -0.25) is 14.5 Å². The van der Waals surface area contributed by atoms with Crippen LogP contribution in [0.15, 0.2) is 33.3 Å². The molecular formula is C19H16Cl2N6O7S. The van der Waals surface area contributed by atoms with Gasteiger partial charge in [-0.1, -0.05) is 39.6 Å². The average molecular weight is 543 g/mol. The van der Waals surface area contributed by atoms with E-state index in [0.29, 0.717) is 10.7 Å². The van der Waals surface area contributed by atoms with Gasteiger partial charge < -0.3 is 14.4 Å². The number of carbonyl (C=O) groups is 3. The molecule has 3 N–H and O–H groups in total. The largest absolute Gasteiger partial charge is 0.360 e. The first kappa shape index (κ1) is 24.5. The van der Waals surface area contributed by atoms with E-state index >= 15 is 0 Å². The Labute approximate surface area is 207 Å². The number of benzene rings is 1. The number of aryl methyl sites for hydroxylation is 2. The summed E-state index contributed by atoms with van der Waals surface area (Å²) in [7, 11) is -4.39. The Balaban J connectivity index is 1.41. The summed E-state index contributed by atoms with van der Waals surface area (Å²) in [4.78, 5) is 38.2. The van der Waals surface area contributed by atoms with Crippen LogP contribution in [-0.2, 0) is 15.0 Å². The Bertz CT molecular complexity index is 1430. The van der Waals surface area contributed by atoms with E-state index in [1.165, 1.54) is 13.0 Å². The van der Waals surface area contributed by atoms with E-state index in [1.54, 1.807) is 29.8 Å². The number of rotatable bonds is 6. The predicted octanol–water partition coefficient (Wildman–Crippen LogP) is 2.26. The molecule has 0 bridgehead atoms. The number of likely N-dealkylation sites (tertiary alicyclic amines) is 1. The summed E-state index contributed by atoms with van der Waals surface area (Å²) in [6.45, 7) is 2.76. The van der Waals surface area contributed by atoms with E-state index in [0.717, 1.165) is 0 Å². The number of nitrogens with zero attached hydrogens (tertiary/aromatic N) is 3. The maximum Gasteiger partial charge on any atom is 0.339 e. The van der Waals surface area contributed by atoms with Crippen LogP contribution in [0.5, 0.6) is 0 Å². The van der Waals surface area contributed by atoms with E-state index in [1.807, 2.05) is 4.72 Å². The molecule has 35 heavy (non-hydrogen) atoms. The number of imide groups is 1. The van der Waals surface area contributed by atoms with Crippen LogP contribution in [0.2, 0.25) is 10.0 Å². The lowest BCUT2D eigenvalue weighted by molar-refractivity contribution is -0.138. The number of aromatic nitrogens is 2. The summed E-state index contributed by atoms with van der Waals surface area (Å²) in [5.41, 5.74) is 0.362. The van der Waals surface area contributed by atoms with Gasteiger partial charge in [0.25, 0.3) is 11.8 Å². The van der Waals surface area contributed by atoms with Crippen LogP contribution in [0, 0.1) is 13.8 Å². The third kappa shape index (κ3) is 4.94. The van der Waals surface area contributed by atoms with Crippen molar-refractivity contribution in [2.75, 3.05) is 11.3 Å². The highest BCUT2D eigenvalue weighted by Gasteiger charge is 2.43. The summed E-state index contributed by atoms with van der Waals surface area (Å²) in [5.74, 6) is -1.20. The van der Waals surface area contributed by atoms with Crippen LogP contribution in [-0.4, -0.2) is 54.1 Å². The molecule has 16 heteroatoms. The van der Waals surface area contributed by atoms with Gasteiger partial charge in [0.15, 0.2) is 5.82 Å². The third-order valence-corrected chi connectivity index (χ3v) is 6.41. The third-order valence-electron chi connectivity index (χ3n) is 4.86. The van der Waals surface area contributed by atoms with Gasteiger partial charge in [-0.15, -0.1) is 0 Å². The lowest BCUT2D eigenvalue weighted by Gasteiger charge is -2.36. The first-order valence-electron chi connectivity index (χ1n) is 9.77. The quantitative estimate of drug-likeness (QED) is 0.394. The van der Waals surface area contributed by atoms with E-state index < -0.39 is 34.1 Å². The van der Waals surface area contributed by atoms with Crippen LogP contribution < -0.4 is 14.8 Å². The van der Waals surface area contributed by atoms with Gasteiger partial charge in [0.1, 0.15) is 28.8 Å². The summed E-state index contributed by atoms with van der Waals surface area (Å²) in [6.07, 6.45) is 0. The summed E-state index contributed by atoms with van der Waals surface area (Å²) in [6, 6.07) is 3.74. The number of carbonyl (C=O) groups excluding carboxylic acids is 3. The molecule has 1 aliphatic heterocycles. The summed E-state index contributed by atoms with van der Waals surface area (Å²) >= 11 is 12.4. The molecule has 0 unspecified atom stereocenters. The van der Waals surface area contributed by atoms with Crippen LogP contribution in [0.4, 0.5) is 10.6 Å². The molecule has 1 aliphatic rings. The zero-order valence-electron chi connectivity index (χ0n) is 18.0. The number of β-lactam (4-membered cyclic amide) rings is 1. The van der Waals surface area contributed by atoms with Crippen molar-refractivity contribution in [2.45, 2.75) is 19.9 Å². The molecule has 1 atom stereocenters. The molecule has 1 saturated heterocycles. The molecule has 13 nitrogen and oxygen atoms in total. The second-order valence-corrected chi connectivity index (χ2v) is 9.60. The fourth-order valence-corrected chi connectivity index (χ4v) is 4.57. The van der Waals surface area contributed by atoms with Crippen LogP contribution >= 0.6 is 23.2 Å². The van der Waals surface area contributed by atoms with Gasteiger partial charge >= 0.3 is 16.2 Å². The molecular weight excluding hydrogens is 527 g/mol. The SMILES string of the molecule is Cc1cc(NS(=O)(=O)NC(=O)N2C[C@H](NC(=O)c3c(-c4c(Cl)cccc4Cl)noc3C)C2=O)no1. The highest BCUT2D eigenvalue weighted by atomic mass is 35.5. The number of hydrogen-bond donors (Lipinski definition) is 3. The predicted molar refractivity (Wildman–Crippen MR) is 122 cm³/mol. The number of nitrogens with one attached hydrogen (secondary N) is 3. The zero-order chi connectivity index (χ0) is 25.5.